The first-order valence-electron chi connectivity index (χ1n) is 8.14. The number of unbranched alkanes of at least 4 members (excludes halogenated alkanes) is 2. The van der Waals surface area contributed by atoms with E-state index in [2.05, 4.69) is 31.4 Å². The van der Waals surface area contributed by atoms with Gasteiger partial charge in [0.15, 0.2) is 0 Å². The van der Waals surface area contributed by atoms with Crippen LogP contribution in [0.5, 0.6) is 0 Å². The van der Waals surface area contributed by atoms with Crippen molar-refractivity contribution in [1.82, 2.24) is 5.32 Å². The summed E-state index contributed by atoms with van der Waals surface area (Å²) in [4.78, 5) is 12.4. The van der Waals surface area contributed by atoms with E-state index in [1.54, 1.807) is 0 Å². The molecular weight excluding hydrogens is 260 g/mol. The normalized spacial score (nSPS) is 17.2. The van der Waals surface area contributed by atoms with Gasteiger partial charge in [0.1, 0.15) is 0 Å². The summed E-state index contributed by atoms with van der Waals surface area (Å²) in [7, 11) is 0. The summed E-state index contributed by atoms with van der Waals surface area (Å²) >= 11 is 0. The molecule has 1 aromatic rings. The van der Waals surface area contributed by atoms with Crippen LogP contribution in [-0.2, 0) is 4.79 Å². The van der Waals surface area contributed by atoms with Crippen LogP contribution in [0.25, 0.3) is 0 Å². The van der Waals surface area contributed by atoms with E-state index in [0.29, 0.717) is 6.54 Å². The Morgan fingerprint density at radius 1 is 1.33 bits per heavy atom. The number of benzene rings is 1. The Labute approximate surface area is 128 Å². The molecule has 0 aromatic heterocycles. The Morgan fingerprint density at radius 2 is 2.10 bits per heavy atom. The molecule has 3 heteroatoms. The summed E-state index contributed by atoms with van der Waals surface area (Å²) in [5.74, 6) is 0.101. The van der Waals surface area contributed by atoms with E-state index in [1.165, 1.54) is 25.7 Å². The van der Waals surface area contributed by atoms with Gasteiger partial charge in [0.2, 0.25) is 5.91 Å². The first-order chi connectivity index (χ1) is 10.0. The van der Waals surface area contributed by atoms with Crippen molar-refractivity contribution < 1.29 is 4.79 Å². The molecule has 0 aliphatic carbocycles. The van der Waals surface area contributed by atoms with Gasteiger partial charge in [-0.3, -0.25) is 4.79 Å². The molecule has 1 amide bonds. The maximum Gasteiger partial charge on any atom is 0.229 e. The number of hydrogen-bond donors (Lipinski definition) is 2. The van der Waals surface area contributed by atoms with Gasteiger partial charge in [-0.15, -0.1) is 0 Å². The van der Waals surface area contributed by atoms with Crippen LogP contribution in [0.15, 0.2) is 24.3 Å². The van der Waals surface area contributed by atoms with Crippen LogP contribution >= 0.6 is 0 Å². The molecule has 1 aliphatic rings. The third-order valence-electron chi connectivity index (χ3n) is 4.35. The first kappa shape index (κ1) is 15.9. The second kappa shape index (κ2) is 6.97. The van der Waals surface area contributed by atoms with Crippen molar-refractivity contribution in [2.75, 3.05) is 18.4 Å². The molecule has 1 aliphatic heterocycles. The zero-order valence-corrected chi connectivity index (χ0v) is 13.5. The molecule has 1 atom stereocenters. The number of carbonyl (C=O) groups is 1. The van der Waals surface area contributed by atoms with E-state index in [-0.39, 0.29) is 17.2 Å². The SMILES string of the molecule is CCCCCC(C)(C)CNC(=O)C1CNc2ccccc21. The topological polar surface area (TPSA) is 41.1 Å². The molecule has 2 rings (SSSR count). The van der Waals surface area contributed by atoms with Crippen LogP contribution in [0.1, 0.15) is 57.9 Å². The largest absolute Gasteiger partial charge is 0.384 e. The van der Waals surface area contributed by atoms with E-state index < -0.39 is 0 Å². The van der Waals surface area contributed by atoms with E-state index in [1.807, 2.05) is 24.3 Å². The van der Waals surface area contributed by atoms with Gasteiger partial charge in [0.05, 0.1) is 5.92 Å². The molecule has 1 aromatic carbocycles. The van der Waals surface area contributed by atoms with E-state index in [9.17, 15) is 4.79 Å². The molecule has 0 bridgehead atoms. The van der Waals surface area contributed by atoms with Crippen molar-refractivity contribution in [1.29, 1.82) is 0 Å². The van der Waals surface area contributed by atoms with Gasteiger partial charge in [-0.1, -0.05) is 58.2 Å². The maximum atomic E-state index is 12.4. The van der Waals surface area contributed by atoms with E-state index >= 15 is 0 Å². The zero-order chi connectivity index (χ0) is 15.3. The molecule has 0 fully saturated rings. The Kier molecular flexibility index (Phi) is 5.27. The van der Waals surface area contributed by atoms with Crippen LogP contribution in [0.4, 0.5) is 5.69 Å². The Morgan fingerprint density at radius 3 is 2.86 bits per heavy atom. The summed E-state index contributed by atoms with van der Waals surface area (Å²) < 4.78 is 0. The predicted molar refractivity (Wildman–Crippen MR) is 88.6 cm³/mol. The molecule has 0 saturated heterocycles. The van der Waals surface area contributed by atoms with Gasteiger partial charge >= 0.3 is 0 Å². The summed E-state index contributed by atoms with van der Waals surface area (Å²) in [6.45, 7) is 8.17. The summed E-state index contributed by atoms with van der Waals surface area (Å²) in [5, 5.41) is 6.46. The Balaban J connectivity index is 1.85. The van der Waals surface area contributed by atoms with Crippen LogP contribution in [0.3, 0.4) is 0 Å². The number of rotatable bonds is 7. The summed E-state index contributed by atoms with van der Waals surface area (Å²) in [6, 6.07) is 8.09. The van der Waals surface area contributed by atoms with Gasteiger partial charge < -0.3 is 10.6 Å². The molecule has 21 heavy (non-hydrogen) atoms. The van der Waals surface area contributed by atoms with Gasteiger partial charge in [-0.2, -0.15) is 0 Å². The van der Waals surface area contributed by atoms with Crippen LogP contribution in [0, 0.1) is 5.41 Å². The van der Waals surface area contributed by atoms with Crippen LogP contribution in [0.2, 0.25) is 0 Å². The van der Waals surface area contributed by atoms with E-state index in [0.717, 1.165) is 17.8 Å². The first-order valence-corrected chi connectivity index (χ1v) is 8.14. The van der Waals surface area contributed by atoms with Crippen LogP contribution in [-0.4, -0.2) is 19.0 Å². The monoisotopic (exact) mass is 288 g/mol. The number of para-hydroxylation sites is 1. The fourth-order valence-corrected chi connectivity index (χ4v) is 2.91. The van der Waals surface area contributed by atoms with Crippen molar-refractivity contribution >= 4 is 11.6 Å². The quantitative estimate of drug-likeness (QED) is 0.747. The molecule has 0 spiro atoms. The third kappa shape index (κ3) is 4.23. The molecule has 3 nitrogen and oxygen atoms in total. The van der Waals surface area contributed by atoms with Crippen molar-refractivity contribution in [3.05, 3.63) is 29.8 Å². The van der Waals surface area contributed by atoms with Crippen molar-refractivity contribution in [2.24, 2.45) is 5.41 Å². The summed E-state index contributed by atoms with van der Waals surface area (Å²) in [5.41, 5.74) is 2.40. The minimum absolute atomic E-state index is 0.0485. The molecule has 2 N–H and O–H groups in total. The Hall–Kier alpha value is -1.51. The number of nitrogens with one attached hydrogen (secondary N) is 2. The highest BCUT2D eigenvalue weighted by Crippen LogP contribution is 2.31. The molecule has 116 valence electrons. The van der Waals surface area contributed by atoms with E-state index in [4.69, 9.17) is 0 Å². The number of hydrogen-bond acceptors (Lipinski definition) is 2. The molecule has 1 unspecified atom stereocenters. The smallest absolute Gasteiger partial charge is 0.229 e. The number of amides is 1. The van der Waals surface area contributed by atoms with Crippen molar-refractivity contribution in [2.45, 2.75) is 52.4 Å². The molecule has 1 heterocycles. The van der Waals surface area contributed by atoms with Gasteiger partial charge in [0, 0.05) is 18.8 Å². The molecular formula is C18H28N2O. The number of fused-ring (bicyclic) bond motifs is 1. The highest BCUT2D eigenvalue weighted by molar-refractivity contribution is 5.88. The van der Waals surface area contributed by atoms with Crippen LogP contribution < -0.4 is 10.6 Å². The fourth-order valence-electron chi connectivity index (χ4n) is 2.91. The standard InChI is InChI=1S/C18H28N2O/c1-4-5-8-11-18(2,3)13-20-17(21)15-12-19-16-10-7-6-9-14(15)16/h6-7,9-10,15,19H,4-5,8,11-13H2,1-3H3,(H,20,21). The van der Waals surface area contributed by atoms with Gasteiger partial charge in [0.25, 0.3) is 0 Å². The Bertz CT molecular complexity index is 482. The van der Waals surface area contributed by atoms with Gasteiger partial charge in [-0.25, -0.2) is 0 Å². The fraction of sp³-hybridized carbons (Fsp3) is 0.611. The van der Waals surface area contributed by atoms with Crippen molar-refractivity contribution in [3.8, 4) is 0 Å². The lowest BCUT2D eigenvalue weighted by atomic mass is 9.86. The number of anilines is 1. The third-order valence-corrected chi connectivity index (χ3v) is 4.35. The maximum absolute atomic E-state index is 12.4. The molecule has 0 saturated carbocycles. The minimum Gasteiger partial charge on any atom is -0.384 e. The lowest BCUT2D eigenvalue weighted by Crippen LogP contribution is -2.37. The second-order valence-corrected chi connectivity index (χ2v) is 6.86. The highest BCUT2D eigenvalue weighted by Gasteiger charge is 2.29. The molecule has 0 radical (unpaired) electrons. The minimum atomic E-state index is -0.0485. The second-order valence-electron chi connectivity index (χ2n) is 6.86. The lowest BCUT2D eigenvalue weighted by Gasteiger charge is -2.25. The summed E-state index contributed by atoms with van der Waals surface area (Å²) in [6.07, 6.45) is 4.93. The average molecular weight is 288 g/mol. The predicted octanol–water partition coefficient (Wildman–Crippen LogP) is 3.92. The zero-order valence-electron chi connectivity index (χ0n) is 13.5. The highest BCUT2D eigenvalue weighted by atomic mass is 16.1. The lowest BCUT2D eigenvalue weighted by molar-refractivity contribution is -0.122. The van der Waals surface area contributed by atoms with Crippen molar-refractivity contribution in [3.63, 3.8) is 0 Å². The average Bonchev–Trinajstić information content (AvgIpc) is 2.89. The van der Waals surface area contributed by atoms with Gasteiger partial charge in [-0.05, 0) is 23.5 Å². The number of carbonyl (C=O) groups excluding carboxylic acids is 1.